The number of H-pyrrole nitrogens is 1. The highest BCUT2D eigenvalue weighted by Gasteiger charge is 2.12. The molecule has 0 aromatic carbocycles. The zero-order chi connectivity index (χ0) is 11.1. The largest absolute Gasteiger partial charge is 0.382 e. The van der Waals surface area contributed by atoms with Crippen molar-refractivity contribution in [3.8, 4) is 0 Å². The van der Waals surface area contributed by atoms with Gasteiger partial charge in [-0.1, -0.05) is 0 Å². The molecule has 1 atom stereocenters. The van der Waals surface area contributed by atoms with Crippen LogP contribution in [0.2, 0.25) is 0 Å². The van der Waals surface area contributed by atoms with Crippen molar-refractivity contribution in [2.45, 2.75) is 6.10 Å². The highest BCUT2D eigenvalue weighted by molar-refractivity contribution is 5.91. The number of hydrogen-bond donors (Lipinski definition) is 2. The van der Waals surface area contributed by atoms with E-state index in [1.54, 1.807) is 14.2 Å². The Kier molecular flexibility index (Phi) is 4.72. The third-order valence-electron chi connectivity index (χ3n) is 1.82. The van der Waals surface area contributed by atoms with E-state index >= 15 is 0 Å². The van der Waals surface area contributed by atoms with E-state index < -0.39 is 0 Å². The molecule has 1 aromatic heterocycles. The number of carbonyl (C=O) groups is 1. The van der Waals surface area contributed by atoms with Crippen LogP contribution in [0.3, 0.4) is 0 Å². The molecule has 7 heteroatoms. The second-order valence-corrected chi connectivity index (χ2v) is 2.88. The highest BCUT2D eigenvalue weighted by atomic mass is 16.5. The maximum atomic E-state index is 11.4. The first-order valence-electron chi connectivity index (χ1n) is 4.43. The molecule has 0 aliphatic heterocycles. The molecule has 0 aliphatic rings. The van der Waals surface area contributed by atoms with Crippen LogP contribution in [-0.2, 0) is 9.47 Å². The fourth-order valence-electron chi connectivity index (χ4n) is 1.00. The Morgan fingerprint density at radius 3 is 3.00 bits per heavy atom. The maximum absolute atomic E-state index is 11.4. The molecule has 0 saturated heterocycles. The highest BCUT2D eigenvalue weighted by Crippen LogP contribution is 1.91. The first-order valence-corrected chi connectivity index (χ1v) is 4.43. The van der Waals surface area contributed by atoms with E-state index in [4.69, 9.17) is 9.47 Å². The van der Waals surface area contributed by atoms with Gasteiger partial charge in [0, 0.05) is 20.8 Å². The summed E-state index contributed by atoms with van der Waals surface area (Å²) in [5.41, 5.74) is 0.252. The van der Waals surface area contributed by atoms with Crippen LogP contribution in [0.25, 0.3) is 0 Å². The lowest BCUT2D eigenvalue weighted by atomic mass is 10.3. The number of rotatable bonds is 6. The number of aromatic amines is 1. The second kappa shape index (κ2) is 6.10. The van der Waals surface area contributed by atoms with Gasteiger partial charge in [0.2, 0.25) is 0 Å². The van der Waals surface area contributed by atoms with Gasteiger partial charge < -0.3 is 14.8 Å². The third kappa shape index (κ3) is 3.64. The van der Waals surface area contributed by atoms with Crippen molar-refractivity contribution in [2.24, 2.45) is 0 Å². The van der Waals surface area contributed by atoms with Crippen molar-refractivity contribution in [2.75, 3.05) is 27.4 Å². The number of nitrogens with zero attached hydrogens (tertiary/aromatic N) is 2. The maximum Gasteiger partial charge on any atom is 0.273 e. The zero-order valence-corrected chi connectivity index (χ0v) is 8.69. The predicted octanol–water partition coefficient (Wildman–Crippen LogP) is -0.804. The van der Waals surface area contributed by atoms with Crippen molar-refractivity contribution in [1.29, 1.82) is 0 Å². The minimum absolute atomic E-state index is 0.161. The third-order valence-corrected chi connectivity index (χ3v) is 1.82. The number of ether oxygens (including phenoxy) is 2. The lowest BCUT2D eigenvalue weighted by Crippen LogP contribution is -2.35. The summed E-state index contributed by atoms with van der Waals surface area (Å²) in [5, 5.41) is 12.2. The van der Waals surface area contributed by atoms with Crippen LogP contribution in [0.15, 0.2) is 6.20 Å². The summed E-state index contributed by atoms with van der Waals surface area (Å²) < 4.78 is 9.98. The molecule has 1 aromatic rings. The summed E-state index contributed by atoms with van der Waals surface area (Å²) in [7, 11) is 3.14. The molecule has 7 nitrogen and oxygen atoms in total. The van der Waals surface area contributed by atoms with Crippen LogP contribution in [0.4, 0.5) is 0 Å². The van der Waals surface area contributed by atoms with E-state index in [2.05, 4.69) is 20.7 Å². The lowest BCUT2D eigenvalue weighted by Gasteiger charge is -2.14. The Bertz CT molecular complexity index is 288. The lowest BCUT2D eigenvalue weighted by molar-refractivity contribution is 0.0285. The fraction of sp³-hybridized carbons (Fsp3) is 0.625. The van der Waals surface area contributed by atoms with E-state index in [-0.39, 0.29) is 17.7 Å². The number of hydrogen-bond acceptors (Lipinski definition) is 5. The van der Waals surface area contributed by atoms with Gasteiger partial charge >= 0.3 is 0 Å². The van der Waals surface area contributed by atoms with Gasteiger partial charge in [-0.05, 0) is 0 Å². The molecule has 0 aliphatic carbocycles. The topological polar surface area (TPSA) is 89.1 Å². The average molecular weight is 214 g/mol. The Hall–Kier alpha value is -1.47. The SMILES string of the molecule is COCC(CNC(=O)c1cn[nH]n1)OC. The Labute approximate surface area is 87.1 Å². The van der Waals surface area contributed by atoms with Gasteiger partial charge in [-0.25, -0.2) is 0 Å². The summed E-state index contributed by atoms with van der Waals surface area (Å²) in [4.78, 5) is 11.4. The summed E-state index contributed by atoms with van der Waals surface area (Å²) in [6.07, 6.45) is 1.19. The molecular formula is C8H14N4O3. The van der Waals surface area contributed by atoms with Crippen molar-refractivity contribution in [1.82, 2.24) is 20.7 Å². The van der Waals surface area contributed by atoms with E-state index in [9.17, 15) is 4.79 Å². The predicted molar refractivity (Wildman–Crippen MR) is 51.4 cm³/mol. The number of nitrogens with one attached hydrogen (secondary N) is 2. The van der Waals surface area contributed by atoms with E-state index in [0.717, 1.165) is 0 Å². The quantitative estimate of drug-likeness (QED) is 0.647. The van der Waals surface area contributed by atoms with E-state index in [1.165, 1.54) is 6.20 Å². The second-order valence-electron chi connectivity index (χ2n) is 2.88. The normalized spacial score (nSPS) is 12.4. The fourth-order valence-corrected chi connectivity index (χ4v) is 1.00. The van der Waals surface area contributed by atoms with E-state index in [1.807, 2.05) is 0 Å². The van der Waals surface area contributed by atoms with Gasteiger partial charge in [0.25, 0.3) is 5.91 Å². The molecule has 1 heterocycles. The Morgan fingerprint density at radius 2 is 2.47 bits per heavy atom. The van der Waals surface area contributed by atoms with E-state index in [0.29, 0.717) is 13.2 Å². The molecule has 1 rings (SSSR count). The summed E-state index contributed by atoms with van der Waals surface area (Å²) in [5.74, 6) is -0.290. The molecule has 15 heavy (non-hydrogen) atoms. The number of aromatic nitrogens is 3. The average Bonchev–Trinajstić information content (AvgIpc) is 2.77. The number of carbonyl (C=O) groups excluding carboxylic acids is 1. The smallest absolute Gasteiger partial charge is 0.273 e. The zero-order valence-electron chi connectivity index (χ0n) is 8.69. The Balaban J connectivity index is 2.33. The molecule has 0 saturated carbocycles. The van der Waals surface area contributed by atoms with Gasteiger partial charge in [0.15, 0.2) is 5.69 Å². The molecular weight excluding hydrogens is 200 g/mol. The van der Waals surface area contributed by atoms with Gasteiger partial charge in [0.05, 0.1) is 18.9 Å². The van der Waals surface area contributed by atoms with Crippen LogP contribution in [0.1, 0.15) is 10.5 Å². The molecule has 1 amide bonds. The summed E-state index contributed by atoms with van der Waals surface area (Å²) in [6, 6.07) is 0. The Morgan fingerprint density at radius 1 is 1.67 bits per heavy atom. The van der Waals surface area contributed by atoms with Crippen molar-refractivity contribution in [3.05, 3.63) is 11.9 Å². The summed E-state index contributed by atoms with van der Waals surface area (Å²) >= 11 is 0. The first kappa shape index (κ1) is 11.6. The van der Waals surface area contributed by atoms with Crippen molar-refractivity contribution >= 4 is 5.91 Å². The van der Waals surface area contributed by atoms with Crippen LogP contribution in [-0.4, -0.2) is 54.8 Å². The summed E-state index contributed by atoms with van der Waals surface area (Å²) in [6.45, 7) is 0.797. The minimum Gasteiger partial charge on any atom is -0.382 e. The van der Waals surface area contributed by atoms with Gasteiger partial charge in [0.1, 0.15) is 0 Å². The van der Waals surface area contributed by atoms with Crippen molar-refractivity contribution < 1.29 is 14.3 Å². The number of amides is 1. The van der Waals surface area contributed by atoms with Crippen LogP contribution >= 0.6 is 0 Å². The number of methoxy groups -OCH3 is 2. The van der Waals surface area contributed by atoms with Crippen LogP contribution in [0, 0.1) is 0 Å². The molecule has 0 fully saturated rings. The van der Waals surface area contributed by atoms with Gasteiger partial charge in [-0.15, -0.1) is 0 Å². The molecule has 0 spiro atoms. The molecule has 2 N–H and O–H groups in total. The first-order chi connectivity index (χ1) is 7.27. The molecule has 0 bridgehead atoms. The van der Waals surface area contributed by atoms with Crippen molar-refractivity contribution in [3.63, 3.8) is 0 Å². The monoisotopic (exact) mass is 214 g/mol. The van der Waals surface area contributed by atoms with Crippen LogP contribution in [0.5, 0.6) is 0 Å². The van der Waals surface area contributed by atoms with Gasteiger partial charge in [-0.3, -0.25) is 4.79 Å². The molecule has 1 unspecified atom stereocenters. The van der Waals surface area contributed by atoms with Crippen LogP contribution < -0.4 is 5.32 Å². The standard InChI is InChI=1S/C8H14N4O3/c1-14-5-6(15-2)3-9-8(13)7-4-10-12-11-7/h4,6H,3,5H2,1-2H3,(H,9,13)(H,10,11,12). The van der Waals surface area contributed by atoms with Gasteiger partial charge in [-0.2, -0.15) is 15.4 Å². The molecule has 84 valence electrons. The minimum atomic E-state index is -0.290. The molecule has 0 radical (unpaired) electrons.